The quantitative estimate of drug-likeness (QED) is 0.349. The standard InChI is InChI=1S/C30H35ClN2O2/c1-22(2)17-33(30(34)23-10-5-4-6-11-23)20-26-19-32(18-25-12-7-8-15-29(25)31)21-28(26)24-13-9-14-27(16-24)35-3/h4-16,22,26,28H,17-21H2,1-3H3/t26-,28-/m1/s1. The van der Waals surface area contributed by atoms with Gasteiger partial charge in [-0.1, -0.05) is 74.0 Å². The highest BCUT2D eigenvalue weighted by Crippen LogP contribution is 2.36. The molecule has 1 aliphatic rings. The Hall–Kier alpha value is -2.82. The molecule has 0 radical (unpaired) electrons. The summed E-state index contributed by atoms with van der Waals surface area (Å²) in [5.41, 5.74) is 3.14. The van der Waals surface area contributed by atoms with E-state index in [2.05, 4.69) is 47.9 Å². The Bertz CT molecular complexity index is 1120. The molecule has 0 aliphatic carbocycles. The molecule has 1 aliphatic heterocycles. The van der Waals surface area contributed by atoms with E-state index in [0.717, 1.165) is 48.1 Å². The summed E-state index contributed by atoms with van der Waals surface area (Å²) in [6.07, 6.45) is 0. The van der Waals surface area contributed by atoms with Gasteiger partial charge >= 0.3 is 0 Å². The summed E-state index contributed by atoms with van der Waals surface area (Å²) in [4.78, 5) is 18.0. The number of ether oxygens (including phenoxy) is 1. The van der Waals surface area contributed by atoms with Crippen LogP contribution in [0, 0.1) is 11.8 Å². The minimum absolute atomic E-state index is 0.105. The molecule has 0 spiro atoms. The number of benzene rings is 3. The maximum Gasteiger partial charge on any atom is 0.253 e. The van der Waals surface area contributed by atoms with Crippen LogP contribution in [-0.4, -0.2) is 49.0 Å². The van der Waals surface area contributed by atoms with E-state index >= 15 is 0 Å². The lowest BCUT2D eigenvalue weighted by atomic mass is 9.88. The predicted octanol–water partition coefficient (Wildman–Crippen LogP) is 6.36. The molecule has 1 fully saturated rings. The number of nitrogens with zero attached hydrogens (tertiary/aromatic N) is 2. The van der Waals surface area contributed by atoms with Crippen molar-refractivity contribution in [2.24, 2.45) is 11.8 Å². The molecule has 4 nitrogen and oxygen atoms in total. The zero-order valence-electron chi connectivity index (χ0n) is 20.9. The van der Waals surface area contributed by atoms with Crippen LogP contribution in [-0.2, 0) is 6.54 Å². The number of likely N-dealkylation sites (tertiary alicyclic amines) is 1. The van der Waals surface area contributed by atoms with Gasteiger partial charge in [-0.3, -0.25) is 9.69 Å². The van der Waals surface area contributed by atoms with Crippen LogP contribution < -0.4 is 4.74 Å². The van der Waals surface area contributed by atoms with Crippen LogP contribution in [0.3, 0.4) is 0 Å². The van der Waals surface area contributed by atoms with Crippen LogP contribution in [0.25, 0.3) is 0 Å². The van der Waals surface area contributed by atoms with E-state index in [0.29, 0.717) is 24.3 Å². The molecule has 0 aromatic heterocycles. The number of carbonyl (C=O) groups excluding carboxylic acids is 1. The van der Waals surface area contributed by atoms with Gasteiger partial charge in [0.05, 0.1) is 7.11 Å². The van der Waals surface area contributed by atoms with Crippen LogP contribution in [0.15, 0.2) is 78.9 Å². The Morgan fingerprint density at radius 3 is 2.49 bits per heavy atom. The molecule has 1 saturated heterocycles. The van der Waals surface area contributed by atoms with E-state index in [1.54, 1.807) is 7.11 Å². The first-order valence-corrected chi connectivity index (χ1v) is 12.8. The van der Waals surface area contributed by atoms with Crippen LogP contribution in [0.1, 0.15) is 41.3 Å². The smallest absolute Gasteiger partial charge is 0.253 e. The molecule has 0 saturated carbocycles. The third-order valence-electron chi connectivity index (χ3n) is 6.74. The van der Waals surface area contributed by atoms with Gasteiger partial charge in [-0.25, -0.2) is 0 Å². The van der Waals surface area contributed by atoms with E-state index in [4.69, 9.17) is 16.3 Å². The van der Waals surface area contributed by atoms with Gasteiger partial charge in [-0.05, 0) is 53.3 Å². The SMILES string of the molecule is COc1cccc([C@H]2CN(Cc3ccccc3Cl)C[C@@H]2CN(CC(C)C)C(=O)c2ccccc2)c1. The highest BCUT2D eigenvalue weighted by Gasteiger charge is 2.36. The first-order chi connectivity index (χ1) is 16.9. The minimum Gasteiger partial charge on any atom is -0.497 e. The van der Waals surface area contributed by atoms with Crippen molar-refractivity contribution in [3.8, 4) is 5.75 Å². The van der Waals surface area contributed by atoms with Gasteiger partial charge in [0.1, 0.15) is 5.75 Å². The second-order valence-electron chi connectivity index (χ2n) is 9.90. The molecule has 3 aromatic carbocycles. The van der Waals surface area contributed by atoms with Crippen LogP contribution in [0.4, 0.5) is 0 Å². The van der Waals surface area contributed by atoms with E-state index in [1.807, 2.05) is 54.6 Å². The summed E-state index contributed by atoms with van der Waals surface area (Å²) < 4.78 is 5.52. The lowest BCUT2D eigenvalue weighted by molar-refractivity contribution is 0.0703. The Labute approximate surface area is 214 Å². The number of methoxy groups -OCH3 is 1. The topological polar surface area (TPSA) is 32.8 Å². The number of hydrogen-bond donors (Lipinski definition) is 0. The number of amides is 1. The zero-order chi connectivity index (χ0) is 24.8. The van der Waals surface area contributed by atoms with Crippen molar-refractivity contribution in [1.29, 1.82) is 0 Å². The number of hydrogen-bond acceptors (Lipinski definition) is 3. The molecular formula is C30H35ClN2O2. The molecule has 1 amide bonds. The second-order valence-corrected chi connectivity index (χ2v) is 10.3. The second kappa shape index (κ2) is 11.7. The average molecular weight is 491 g/mol. The molecular weight excluding hydrogens is 456 g/mol. The van der Waals surface area contributed by atoms with Gasteiger partial charge in [0.2, 0.25) is 0 Å². The van der Waals surface area contributed by atoms with Crippen LogP contribution >= 0.6 is 11.6 Å². The largest absolute Gasteiger partial charge is 0.497 e. The van der Waals surface area contributed by atoms with E-state index in [9.17, 15) is 4.79 Å². The van der Waals surface area contributed by atoms with Crippen molar-refractivity contribution in [1.82, 2.24) is 9.80 Å². The minimum atomic E-state index is 0.105. The van der Waals surface area contributed by atoms with E-state index in [-0.39, 0.29) is 5.91 Å². The average Bonchev–Trinajstić information content (AvgIpc) is 3.27. The van der Waals surface area contributed by atoms with Gasteiger partial charge in [-0.2, -0.15) is 0 Å². The third kappa shape index (κ3) is 6.45. The molecule has 3 aromatic rings. The number of rotatable bonds is 9. The fourth-order valence-corrected chi connectivity index (χ4v) is 5.32. The lowest BCUT2D eigenvalue weighted by Gasteiger charge is -2.30. The summed E-state index contributed by atoms with van der Waals surface area (Å²) in [5, 5.41) is 0.801. The van der Waals surface area contributed by atoms with Crippen molar-refractivity contribution >= 4 is 17.5 Å². The number of halogens is 1. The lowest BCUT2D eigenvalue weighted by Crippen LogP contribution is -2.39. The zero-order valence-corrected chi connectivity index (χ0v) is 21.6. The fourth-order valence-electron chi connectivity index (χ4n) is 5.12. The summed E-state index contributed by atoms with van der Waals surface area (Å²) in [6.45, 7) is 8.41. The van der Waals surface area contributed by atoms with E-state index < -0.39 is 0 Å². The van der Waals surface area contributed by atoms with Gasteiger partial charge in [0.25, 0.3) is 5.91 Å². The maximum absolute atomic E-state index is 13.5. The third-order valence-corrected chi connectivity index (χ3v) is 7.11. The molecule has 35 heavy (non-hydrogen) atoms. The molecule has 5 heteroatoms. The van der Waals surface area contributed by atoms with Gasteiger partial charge in [-0.15, -0.1) is 0 Å². The first kappa shape index (κ1) is 25.3. The van der Waals surface area contributed by atoms with Crippen LogP contribution in [0.2, 0.25) is 5.02 Å². The normalized spacial score (nSPS) is 18.1. The molecule has 4 rings (SSSR count). The molecule has 2 atom stereocenters. The molecule has 0 bridgehead atoms. The fraction of sp³-hybridized carbons (Fsp3) is 0.367. The maximum atomic E-state index is 13.5. The summed E-state index contributed by atoms with van der Waals surface area (Å²) >= 11 is 6.49. The van der Waals surface area contributed by atoms with Crippen molar-refractivity contribution < 1.29 is 9.53 Å². The monoisotopic (exact) mass is 490 g/mol. The van der Waals surface area contributed by atoms with Gasteiger partial charge in [0.15, 0.2) is 0 Å². The van der Waals surface area contributed by atoms with Gasteiger partial charge < -0.3 is 9.64 Å². The molecule has 184 valence electrons. The Morgan fingerprint density at radius 1 is 1.03 bits per heavy atom. The highest BCUT2D eigenvalue weighted by molar-refractivity contribution is 6.31. The first-order valence-electron chi connectivity index (χ1n) is 12.4. The Kier molecular flexibility index (Phi) is 8.48. The van der Waals surface area contributed by atoms with Crippen molar-refractivity contribution in [3.63, 3.8) is 0 Å². The highest BCUT2D eigenvalue weighted by atomic mass is 35.5. The Balaban J connectivity index is 1.61. The van der Waals surface area contributed by atoms with Crippen LogP contribution in [0.5, 0.6) is 5.75 Å². The molecule has 1 heterocycles. The molecule has 0 unspecified atom stereocenters. The molecule has 0 N–H and O–H groups in total. The summed E-state index contributed by atoms with van der Waals surface area (Å²) in [7, 11) is 1.71. The van der Waals surface area contributed by atoms with Crippen molar-refractivity contribution in [3.05, 3.63) is 101 Å². The Morgan fingerprint density at radius 2 is 1.77 bits per heavy atom. The summed E-state index contributed by atoms with van der Waals surface area (Å²) in [5.74, 6) is 1.96. The van der Waals surface area contributed by atoms with Gasteiger partial charge in [0, 0.05) is 49.2 Å². The van der Waals surface area contributed by atoms with E-state index in [1.165, 1.54) is 5.56 Å². The van der Waals surface area contributed by atoms with Crippen molar-refractivity contribution in [2.45, 2.75) is 26.3 Å². The predicted molar refractivity (Wildman–Crippen MR) is 143 cm³/mol. The van der Waals surface area contributed by atoms with Crippen molar-refractivity contribution in [2.75, 3.05) is 33.3 Å². The summed E-state index contributed by atoms with van der Waals surface area (Å²) in [6, 6.07) is 26.1. The number of carbonyl (C=O) groups is 1.